The Labute approximate surface area is 155 Å². The molecule has 0 radical (unpaired) electrons. The molecule has 2 rings (SSSR count). The Hall–Kier alpha value is -2.82. The van der Waals surface area contributed by atoms with E-state index < -0.39 is 0 Å². The van der Waals surface area contributed by atoms with Crippen molar-refractivity contribution in [2.24, 2.45) is 10.7 Å². The van der Waals surface area contributed by atoms with Crippen molar-refractivity contribution in [2.45, 2.75) is 39.3 Å². The van der Waals surface area contributed by atoms with Crippen molar-refractivity contribution in [2.75, 3.05) is 6.54 Å². The molecule has 1 unspecified atom stereocenters. The standard InChI is InChI=1S/C21H28N4O/c1-3-16(2)25-20(26)19-11-7-10-18(14-19)15-24-21(22)23-13-12-17-8-5-4-6-9-17/h4-11,14,16H,3,12-13,15H2,1-2H3,(H,25,26)(H3,22,23,24). The molecule has 0 saturated carbocycles. The van der Waals surface area contributed by atoms with Crippen molar-refractivity contribution >= 4 is 11.9 Å². The van der Waals surface area contributed by atoms with Crippen LogP contribution in [0.4, 0.5) is 0 Å². The first-order chi connectivity index (χ1) is 12.6. The van der Waals surface area contributed by atoms with E-state index >= 15 is 0 Å². The summed E-state index contributed by atoms with van der Waals surface area (Å²) in [6.45, 7) is 5.21. The van der Waals surface area contributed by atoms with Gasteiger partial charge in [0.15, 0.2) is 5.96 Å². The van der Waals surface area contributed by atoms with Crippen LogP contribution in [0.3, 0.4) is 0 Å². The zero-order valence-electron chi connectivity index (χ0n) is 15.5. The predicted octanol–water partition coefficient (Wildman–Crippen LogP) is 2.86. The summed E-state index contributed by atoms with van der Waals surface area (Å²) in [6, 6.07) is 17.9. The fourth-order valence-electron chi connectivity index (χ4n) is 2.43. The van der Waals surface area contributed by atoms with Crippen LogP contribution < -0.4 is 16.4 Å². The topological polar surface area (TPSA) is 79.5 Å². The normalized spacial score (nSPS) is 12.5. The third-order valence-corrected chi connectivity index (χ3v) is 4.17. The second kappa shape index (κ2) is 10.2. The summed E-state index contributed by atoms with van der Waals surface area (Å²) in [5.74, 6) is 0.356. The molecule has 0 aliphatic carbocycles. The molecule has 2 aromatic carbocycles. The van der Waals surface area contributed by atoms with Crippen LogP contribution in [0.25, 0.3) is 0 Å². The third kappa shape index (κ3) is 6.59. The lowest BCUT2D eigenvalue weighted by Crippen LogP contribution is -2.33. The van der Waals surface area contributed by atoms with Gasteiger partial charge in [0.25, 0.3) is 5.91 Å². The maximum absolute atomic E-state index is 12.2. The number of guanidine groups is 1. The van der Waals surface area contributed by atoms with E-state index in [1.807, 2.05) is 56.3 Å². The number of benzene rings is 2. The highest BCUT2D eigenvalue weighted by Gasteiger charge is 2.08. The maximum atomic E-state index is 12.2. The predicted molar refractivity (Wildman–Crippen MR) is 107 cm³/mol. The lowest BCUT2D eigenvalue weighted by molar-refractivity contribution is 0.0939. The Balaban J connectivity index is 1.84. The highest BCUT2D eigenvalue weighted by molar-refractivity contribution is 5.94. The molecule has 0 fully saturated rings. The Bertz CT molecular complexity index is 728. The number of nitrogens with two attached hydrogens (primary N) is 1. The number of carbonyl (C=O) groups excluding carboxylic acids is 1. The average Bonchev–Trinajstić information content (AvgIpc) is 2.67. The average molecular weight is 352 g/mol. The molecule has 0 heterocycles. The van der Waals surface area contributed by atoms with Gasteiger partial charge in [0.1, 0.15) is 0 Å². The highest BCUT2D eigenvalue weighted by Crippen LogP contribution is 2.07. The number of amides is 1. The van der Waals surface area contributed by atoms with Gasteiger partial charge in [-0.25, -0.2) is 4.99 Å². The Morgan fingerprint density at radius 3 is 2.58 bits per heavy atom. The van der Waals surface area contributed by atoms with Crippen molar-refractivity contribution in [1.82, 2.24) is 10.6 Å². The van der Waals surface area contributed by atoms with Gasteiger partial charge in [-0.05, 0) is 43.0 Å². The van der Waals surface area contributed by atoms with Crippen molar-refractivity contribution < 1.29 is 4.79 Å². The van der Waals surface area contributed by atoms with E-state index in [0.717, 1.165) is 24.9 Å². The van der Waals surface area contributed by atoms with Crippen LogP contribution in [0.5, 0.6) is 0 Å². The van der Waals surface area contributed by atoms with Gasteiger partial charge in [-0.3, -0.25) is 4.79 Å². The van der Waals surface area contributed by atoms with E-state index in [1.54, 1.807) is 0 Å². The number of nitrogens with one attached hydrogen (secondary N) is 2. The van der Waals surface area contributed by atoms with Gasteiger partial charge >= 0.3 is 0 Å². The van der Waals surface area contributed by atoms with E-state index in [2.05, 4.69) is 27.8 Å². The smallest absolute Gasteiger partial charge is 0.251 e. The molecule has 0 aliphatic rings. The minimum absolute atomic E-state index is 0.0564. The van der Waals surface area contributed by atoms with Crippen LogP contribution in [-0.2, 0) is 13.0 Å². The van der Waals surface area contributed by atoms with Gasteiger partial charge < -0.3 is 16.4 Å². The van der Waals surface area contributed by atoms with E-state index in [-0.39, 0.29) is 11.9 Å². The number of carbonyl (C=O) groups is 1. The molecule has 0 aromatic heterocycles. The lowest BCUT2D eigenvalue weighted by Gasteiger charge is -2.11. The summed E-state index contributed by atoms with van der Waals surface area (Å²) < 4.78 is 0. The molecule has 5 nitrogen and oxygen atoms in total. The van der Waals surface area contributed by atoms with Gasteiger partial charge in [0, 0.05) is 18.2 Å². The molecule has 0 spiro atoms. The van der Waals surface area contributed by atoms with Gasteiger partial charge in [-0.1, -0.05) is 49.4 Å². The summed E-state index contributed by atoms with van der Waals surface area (Å²) in [5.41, 5.74) is 8.78. The van der Waals surface area contributed by atoms with E-state index in [4.69, 9.17) is 5.73 Å². The summed E-state index contributed by atoms with van der Waals surface area (Å²) >= 11 is 0. The first kappa shape index (κ1) is 19.5. The molecule has 2 aromatic rings. The van der Waals surface area contributed by atoms with Crippen LogP contribution in [0.15, 0.2) is 59.6 Å². The van der Waals surface area contributed by atoms with Crippen LogP contribution >= 0.6 is 0 Å². The third-order valence-electron chi connectivity index (χ3n) is 4.17. The van der Waals surface area contributed by atoms with Gasteiger partial charge in [-0.15, -0.1) is 0 Å². The quantitative estimate of drug-likeness (QED) is 0.505. The first-order valence-corrected chi connectivity index (χ1v) is 9.06. The molecule has 0 saturated heterocycles. The second-order valence-corrected chi connectivity index (χ2v) is 6.35. The van der Waals surface area contributed by atoms with E-state index in [1.165, 1.54) is 5.56 Å². The van der Waals surface area contributed by atoms with E-state index in [9.17, 15) is 4.79 Å². The lowest BCUT2D eigenvalue weighted by atomic mass is 10.1. The summed E-state index contributed by atoms with van der Waals surface area (Å²) in [4.78, 5) is 16.6. The van der Waals surface area contributed by atoms with Gasteiger partial charge in [0.2, 0.25) is 0 Å². The van der Waals surface area contributed by atoms with Crippen LogP contribution in [0.2, 0.25) is 0 Å². The SMILES string of the molecule is CCC(C)NC(=O)c1cccc(CN=C(N)NCCc2ccccc2)c1. The Morgan fingerprint density at radius 2 is 1.85 bits per heavy atom. The summed E-state index contributed by atoms with van der Waals surface area (Å²) in [5, 5.41) is 6.09. The van der Waals surface area contributed by atoms with Crippen molar-refractivity contribution in [3.05, 3.63) is 71.3 Å². The van der Waals surface area contributed by atoms with Gasteiger partial charge in [-0.2, -0.15) is 0 Å². The molecule has 4 N–H and O–H groups in total. The second-order valence-electron chi connectivity index (χ2n) is 6.35. The number of hydrogen-bond acceptors (Lipinski definition) is 2. The van der Waals surface area contributed by atoms with Crippen molar-refractivity contribution in [3.8, 4) is 0 Å². The molecule has 138 valence electrons. The summed E-state index contributed by atoms with van der Waals surface area (Å²) in [7, 11) is 0. The monoisotopic (exact) mass is 352 g/mol. The van der Waals surface area contributed by atoms with Crippen molar-refractivity contribution in [1.29, 1.82) is 0 Å². The zero-order valence-corrected chi connectivity index (χ0v) is 15.5. The number of hydrogen-bond donors (Lipinski definition) is 3. The summed E-state index contributed by atoms with van der Waals surface area (Å²) in [6.07, 6.45) is 1.79. The number of nitrogens with zero attached hydrogens (tertiary/aromatic N) is 1. The highest BCUT2D eigenvalue weighted by atomic mass is 16.1. The zero-order chi connectivity index (χ0) is 18.8. The number of rotatable bonds is 8. The Morgan fingerprint density at radius 1 is 1.12 bits per heavy atom. The minimum Gasteiger partial charge on any atom is -0.370 e. The minimum atomic E-state index is -0.0564. The largest absolute Gasteiger partial charge is 0.370 e. The molecule has 5 heteroatoms. The van der Waals surface area contributed by atoms with Crippen LogP contribution in [-0.4, -0.2) is 24.5 Å². The van der Waals surface area contributed by atoms with Crippen LogP contribution in [0.1, 0.15) is 41.8 Å². The molecular weight excluding hydrogens is 324 g/mol. The van der Waals surface area contributed by atoms with Gasteiger partial charge in [0.05, 0.1) is 6.54 Å². The number of aliphatic imine (C=N–C) groups is 1. The fourth-order valence-corrected chi connectivity index (χ4v) is 2.43. The molecular formula is C21H28N4O. The molecule has 26 heavy (non-hydrogen) atoms. The Kier molecular flexibility index (Phi) is 7.68. The molecule has 1 atom stereocenters. The first-order valence-electron chi connectivity index (χ1n) is 9.06. The van der Waals surface area contributed by atoms with E-state index in [0.29, 0.717) is 18.1 Å². The maximum Gasteiger partial charge on any atom is 0.251 e. The fraction of sp³-hybridized carbons (Fsp3) is 0.333. The molecule has 0 aliphatic heterocycles. The molecule has 0 bridgehead atoms. The molecule has 1 amide bonds. The van der Waals surface area contributed by atoms with Crippen molar-refractivity contribution in [3.63, 3.8) is 0 Å². The van der Waals surface area contributed by atoms with Crippen LogP contribution in [0, 0.1) is 0 Å².